The van der Waals surface area contributed by atoms with Crippen LogP contribution in [0.4, 0.5) is 10.1 Å². The summed E-state index contributed by atoms with van der Waals surface area (Å²) in [6.07, 6.45) is 5.01. The number of allylic oxidation sites excluding steroid dienone is 1. The molecule has 1 unspecified atom stereocenters. The predicted molar refractivity (Wildman–Crippen MR) is 154 cm³/mol. The Morgan fingerprint density at radius 3 is 2.65 bits per heavy atom. The van der Waals surface area contributed by atoms with Crippen LogP contribution >= 0.6 is 8.86 Å². The number of carbonyl (C=O) groups excluding carboxylic acids is 1. The Bertz CT molecular complexity index is 1350. The highest BCUT2D eigenvalue weighted by Crippen LogP contribution is 2.39. The SMILES string of the molecule is C/C=C(/C(=O)NCCC1CCCN1C)C(=P)c1cc(F)c(NC)c(Oc2ccc3ccccc3c2)c1C. The van der Waals surface area contributed by atoms with Crippen molar-refractivity contribution in [3.05, 3.63) is 77.1 Å². The minimum Gasteiger partial charge on any atom is -0.455 e. The topological polar surface area (TPSA) is 53.6 Å². The third kappa shape index (κ3) is 5.87. The molecule has 0 radical (unpaired) electrons. The molecule has 3 aromatic carbocycles. The van der Waals surface area contributed by atoms with Crippen LogP contribution in [0, 0.1) is 12.7 Å². The Balaban J connectivity index is 1.58. The lowest BCUT2D eigenvalue weighted by Gasteiger charge is -2.21. The number of nitrogens with one attached hydrogen (secondary N) is 2. The molecule has 1 fully saturated rings. The van der Waals surface area contributed by atoms with E-state index in [2.05, 4.69) is 31.4 Å². The van der Waals surface area contributed by atoms with E-state index in [-0.39, 0.29) is 11.6 Å². The average molecular weight is 520 g/mol. The Morgan fingerprint density at radius 1 is 1.22 bits per heavy atom. The number of anilines is 1. The molecule has 5 nitrogen and oxygen atoms in total. The van der Waals surface area contributed by atoms with Gasteiger partial charge in [0.15, 0.2) is 11.6 Å². The zero-order valence-corrected chi connectivity index (χ0v) is 23.0. The second kappa shape index (κ2) is 11.9. The monoisotopic (exact) mass is 519 g/mol. The highest BCUT2D eigenvalue weighted by atomic mass is 31.0. The van der Waals surface area contributed by atoms with Crippen molar-refractivity contribution in [3.63, 3.8) is 0 Å². The van der Waals surface area contributed by atoms with Gasteiger partial charge in [-0.2, -0.15) is 0 Å². The lowest BCUT2D eigenvalue weighted by Crippen LogP contribution is -2.33. The minimum absolute atomic E-state index is 0.192. The molecule has 0 aliphatic carbocycles. The molecule has 1 heterocycles. The van der Waals surface area contributed by atoms with Gasteiger partial charge in [0.05, 0.1) is 0 Å². The molecule has 1 atom stereocenters. The molecule has 1 saturated heterocycles. The van der Waals surface area contributed by atoms with Gasteiger partial charge in [-0.3, -0.25) is 4.79 Å². The van der Waals surface area contributed by atoms with Crippen LogP contribution in [0.5, 0.6) is 11.5 Å². The number of nitrogens with zero attached hydrogens (tertiary/aromatic N) is 1. The Morgan fingerprint density at radius 2 is 1.97 bits per heavy atom. The minimum atomic E-state index is -0.463. The summed E-state index contributed by atoms with van der Waals surface area (Å²) in [7, 11) is 7.46. The first-order chi connectivity index (χ1) is 17.8. The zero-order valence-electron chi connectivity index (χ0n) is 22.0. The van der Waals surface area contributed by atoms with Crippen LogP contribution in [-0.4, -0.2) is 49.3 Å². The molecule has 0 saturated carbocycles. The number of fused-ring (bicyclic) bond motifs is 1. The van der Waals surface area contributed by atoms with Crippen molar-refractivity contribution in [2.75, 3.05) is 32.5 Å². The molecule has 1 amide bonds. The van der Waals surface area contributed by atoms with Crippen LogP contribution in [0.3, 0.4) is 0 Å². The molecule has 4 rings (SSSR count). The molecule has 194 valence electrons. The molecule has 2 N–H and O–H groups in total. The van der Waals surface area contributed by atoms with Gasteiger partial charge in [0, 0.05) is 36.1 Å². The summed E-state index contributed by atoms with van der Waals surface area (Å²) in [5.41, 5.74) is 1.99. The summed E-state index contributed by atoms with van der Waals surface area (Å²) < 4.78 is 21.5. The maximum Gasteiger partial charge on any atom is 0.251 e. The molecular weight excluding hydrogens is 484 g/mol. The number of carbonyl (C=O) groups is 1. The van der Waals surface area contributed by atoms with Crippen LogP contribution in [0.25, 0.3) is 10.8 Å². The van der Waals surface area contributed by atoms with Crippen LogP contribution in [-0.2, 0) is 4.79 Å². The van der Waals surface area contributed by atoms with Crippen LogP contribution in [0.15, 0.2) is 60.2 Å². The molecule has 1 aliphatic rings. The van der Waals surface area contributed by atoms with Crippen molar-refractivity contribution in [2.45, 2.75) is 39.2 Å². The first-order valence-corrected chi connectivity index (χ1v) is 13.3. The highest BCUT2D eigenvalue weighted by molar-refractivity contribution is 7.23. The first-order valence-electron chi connectivity index (χ1n) is 12.8. The highest BCUT2D eigenvalue weighted by Gasteiger charge is 2.24. The Labute approximate surface area is 220 Å². The summed E-state index contributed by atoms with van der Waals surface area (Å²) in [6.45, 7) is 5.37. The fourth-order valence-electron chi connectivity index (χ4n) is 5.02. The molecule has 37 heavy (non-hydrogen) atoms. The van der Waals surface area contributed by atoms with Gasteiger partial charge in [-0.05, 0) is 81.2 Å². The molecule has 0 aromatic heterocycles. The van der Waals surface area contributed by atoms with Crippen molar-refractivity contribution in [1.82, 2.24) is 10.2 Å². The summed E-state index contributed by atoms with van der Waals surface area (Å²) in [5.74, 6) is 0.326. The molecule has 3 aromatic rings. The smallest absolute Gasteiger partial charge is 0.251 e. The average Bonchev–Trinajstić information content (AvgIpc) is 3.30. The van der Waals surface area contributed by atoms with Gasteiger partial charge in [0.1, 0.15) is 11.4 Å². The molecule has 0 bridgehead atoms. The van der Waals surface area contributed by atoms with Crippen LogP contribution < -0.4 is 15.4 Å². The number of ether oxygens (including phenoxy) is 1. The number of likely N-dealkylation sites (tertiary alicyclic amines) is 1. The van der Waals surface area contributed by atoms with E-state index in [1.54, 1.807) is 20.0 Å². The van der Waals surface area contributed by atoms with Gasteiger partial charge in [-0.25, -0.2) is 4.39 Å². The fourth-order valence-corrected chi connectivity index (χ4v) is 5.54. The lowest BCUT2D eigenvalue weighted by molar-refractivity contribution is -0.117. The standard InChI is InChI=1S/C30H35FN3O2P/c1-5-24(30(35)33-15-14-22-11-8-16-34(22)4)29(37)25-18-26(31)27(32-3)28(19(25)2)36-23-13-12-20-9-6-7-10-21(20)17-23/h5-7,9-10,12-13,17-18,22,32,37H,8,11,14-16H2,1-4H3,(H,33,35)/b24-5+. The van der Waals surface area contributed by atoms with E-state index in [0.717, 1.165) is 30.2 Å². The third-order valence-corrected chi connectivity index (χ3v) is 7.72. The summed E-state index contributed by atoms with van der Waals surface area (Å²) in [6, 6.07) is 15.7. The van der Waals surface area contributed by atoms with Crippen LogP contribution in [0.1, 0.15) is 37.3 Å². The largest absolute Gasteiger partial charge is 0.455 e. The zero-order chi connectivity index (χ0) is 26.5. The maximum atomic E-state index is 15.3. The fraction of sp³-hybridized carbons (Fsp3) is 0.333. The summed E-state index contributed by atoms with van der Waals surface area (Å²) >= 11 is 0. The number of benzene rings is 3. The van der Waals surface area contributed by atoms with Crippen LogP contribution in [0.2, 0.25) is 0 Å². The quantitative estimate of drug-likeness (QED) is 0.256. The normalized spacial score (nSPS) is 16.1. The second-order valence-electron chi connectivity index (χ2n) is 9.49. The van der Waals surface area contributed by atoms with E-state index in [9.17, 15) is 4.79 Å². The van der Waals surface area contributed by atoms with Gasteiger partial charge >= 0.3 is 0 Å². The van der Waals surface area contributed by atoms with E-state index in [1.807, 2.05) is 49.4 Å². The van der Waals surface area contributed by atoms with E-state index < -0.39 is 5.82 Å². The summed E-state index contributed by atoms with van der Waals surface area (Å²) in [5, 5.41) is 8.61. The third-order valence-electron chi connectivity index (χ3n) is 7.18. The Kier molecular flexibility index (Phi) is 8.63. The molecular formula is C30H35FN3O2P. The van der Waals surface area contributed by atoms with Gasteiger partial charge < -0.3 is 20.3 Å². The molecule has 7 heteroatoms. The van der Waals surface area contributed by atoms with Gasteiger partial charge in [0.2, 0.25) is 0 Å². The Hall–Kier alpha value is -3.21. The number of hydrogen-bond acceptors (Lipinski definition) is 4. The summed E-state index contributed by atoms with van der Waals surface area (Å²) in [4.78, 5) is 15.4. The van der Waals surface area contributed by atoms with E-state index >= 15 is 4.39 Å². The van der Waals surface area contributed by atoms with Crippen molar-refractivity contribution >= 4 is 36.5 Å². The molecule has 0 spiro atoms. The van der Waals surface area contributed by atoms with Gasteiger partial charge in [-0.1, -0.05) is 36.4 Å². The van der Waals surface area contributed by atoms with Crippen molar-refractivity contribution in [2.24, 2.45) is 0 Å². The van der Waals surface area contributed by atoms with E-state index in [0.29, 0.717) is 46.1 Å². The second-order valence-corrected chi connectivity index (χ2v) is 9.99. The van der Waals surface area contributed by atoms with Crippen molar-refractivity contribution in [3.8, 4) is 11.5 Å². The van der Waals surface area contributed by atoms with Crippen molar-refractivity contribution in [1.29, 1.82) is 0 Å². The first kappa shape index (κ1) is 26.8. The molecule has 1 aliphatic heterocycles. The van der Waals surface area contributed by atoms with Gasteiger partial charge in [-0.15, -0.1) is 8.86 Å². The van der Waals surface area contributed by atoms with Crippen molar-refractivity contribution < 1.29 is 13.9 Å². The predicted octanol–water partition coefficient (Wildman–Crippen LogP) is 6.33. The van der Waals surface area contributed by atoms with Gasteiger partial charge in [0.25, 0.3) is 5.91 Å². The number of rotatable bonds is 9. The number of halogens is 1. The van der Waals surface area contributed by atoms with E-state index in [1.165, 1.54) is 12.5 Å². The maximum absolute atomic E-state index is 15.3. The lowest BCUT2D eigenvalue weighted by atomic mass is 9.97. The number of hydrogen-bond donors (Lipinski definition) is 2. The number of amides is 1. The van der Waals surface area contributed by atoms with E-state index in [4.69, 9.17) is 4.74 Å².